The Kier molecular flexibility index (Phi) is 5.18. The first-order valence-electron chi connectivity index (χ1n) is 6.17. The van der Waals surface area contributed by atoms with Gasteiger partial charge in [-0.2, -0.15) is 5.26 Å². The van der Waals surface area contributed by atoms with Crippen LogP contribution in [0.2, 0.25) is 0 Å². The van der Waals surface area contributed by atoms with E-state index < -0.39 is 5.41 Å². The fraction of sp³-hybridized carbons (Fsp3) is 0.533. The maximum absolute atomic E-state index is 9.16. The van der Waals surface area contributed by atoms with Crippen LogP contribution in [0.4, 0.5) is 0 Å². The van der Waals surface area contributed by atoms with Crippen LogP contribution >= 0.6 is 0 Å². The lowest BCUT2D eigenvalue weighted by molar-refractivity contribution is -0.0189. The van der Waals surface area contributed by atoms with Crippen molar-refractivity contribution in [1.29, 1.82) is 5.26 Å². The number of hydrogen-bond acceptors (Lipinski definition) is 2. The maximum atomic E-state index is 9.16. The molecular weight excluding hydrogens is 210 g/mol. The number of benzene rings is 1. The highest BCUT2D eigenvalue weighted by molar-refractivity contribution is 5.13. The summed E-state index contributed by atoms with van der Waals surface area (Å²) in [6, 6.07) is 12.4. The summed E-state index contributed by atoms with van der Waals surface area (Å²) in [6.45, 7) is 6.58. The topological polar surface area (TPSA) is 33.0 Å². The first-order chi connectivity index (χ1) is 8.10. The van der Waals surface area contributed by atoms with Crippen LogP contribution in [0.5, 0.6) is 0 Å². The van der Waals surface area contributed by atoms with Crippen LogP contribution in [-0.4, -0.2) is 6.10 Å². The lowest BCUT2D eigenvalue weighted by Gasteiger charge is -2.28. The van der Waals surface area contributed by atoms with Crippen molar-refractivity contribution in [3.63, 3.8) is 0 Å². The van der Waals surface area contributed by atoms with Crippen LogP contribution in [-0.2, 0) is 11.3 Å². The first kappa shape index (κ1) is 13.7. The third-order valence-electron chi connectivity index (χ3n) is 2.94. The number of rotatable bonds is 6. The second-order valence-corrected chi connectivity index (χ2v) is 4.91. The van der Waals surface area contributed by atoms with E-state index in [9.17, 15) is 0 Å². The van der Waals surface area contributed by atoms with Gasteiger partial charge in [-0.3, -0.25) is 0 Å². The summed E-state index contributed by atoms with van der Waals surface area (Å²) in [5.74, 6) is 0. The standard InChI is InChI=1S/C15H21NO/c1-4-8-14(15(2,3)12-16)17-11-13-9-6-5-7-10-13/h5-7,9-10,14H,4,8,11H2,1-3H3. The summed E-state index contributed by atoms with van der Waals surface area (Å²) < 4.78 is 5.90. The molecule has 0 amide bonds. The highest BCUT2D eigenvalue weighted by Crippen LogP contribution is 2.26. The van der Waals surface area contributed by atoms with Crippen molar-refractivity contribution in [1.82, 2.24) is 0 Å². The van der Waals surface area contributed by atoms with Crippen molar-refractivity contribution >= 4 is 0 Å². The molecule has 0 spiro atoms. The van der Waals surface area contributed by atoms with E-state index in [-0.39, 0.29) is 6.10 Å². The molecule has 0 saturated carbocycles. The predicted octanol–water partition coefficient (Wildman–Crippen LogP) is 3.92. The third-order valence-corrected chi connectivity index (χ3v) is 2.94. The molecule has 0 N–H and O–H groups in total. The lowest BCUT2D eigenvalue weighted by atomic mass is 9.86. The van der Waals surface area contributed by atoms with Gasteiger partial charge in [0, 0.05) is 0 Å². The van der Waals surface area contributed by atoms with Gasteiger partial charge in [-0.25, -0.2) is 0 Å². The Balaban J connectivity index is 2.60. The minimum atomic E-state index is -0.426. The summed E-state index contributed by atoms with van der Waals surface area (Å²) in [5.41, 5.74) is 0.729. The van der Waals surface area contributed by atoms with Crippen molar-refractivity contribution in [2.45, 2.75) is 46.3 Å². The number of ether oxygens (including phenoxy) is 1. The molecule has 0 aliphatic rings. The zero-order valence-electron chi connectivity index (χ0n) is 10.9. The van der Waals surface area contributed by atoms with Crippen molar-refractivity contribution in [2.75, 3.05) is 0 Å². The summed E-state index contributed by atoms with van der Waals surface area (Å²) in [4.78, 5) is 0. The molecule has 0 radical (unpaired) electrons. The van der Waals surface area contributed by atoms with Gasteiger partial charge in [0.25, 0.3) is 0 Å². The van der Waals surface area contributed by atoms with Gasteiger partial charge in [-0.05, 0) is 25.8 Å². The number of nitriles is 1. The molecule has 0 bridgehead atoms. The predicted molar refractivity (Wildman–Crippen MR) is 69.3 cm³/mol. The maximum Gasteiger partial charge on any atom is 0.0779 e. The van der Waals surface area contributed by atoms with Gasteiger partial charge < -0.3 is 4.74 Å². The van der Waals surface area contributed by atoms with E-state index in [0.717, 1.165) is 18.4 Å². The zero-order valence-corrected chi connectivity index (χ0v) is 10.9. The smallest absolute Gasteiger partial charge is 0.0779 e. The van der Waals surface area contributed by atoms with Crippen molar-refractivity contribution < 1.29 is 4.74 Å². The third kappa shape index (κ3) is 4.20. The van der Waals surface area contributed by atoms with Crippen LogP contribution in [0, 0.1) is 16.7 Å². The molecule has 1 aromatic carbocycles. The molecule has 1 aromatic rings. The molecule has 0 aliphatic heterocycles. The largest absolute Gasteiger partial charge is 0.372 e. The summed E-state index contributed by atoms with van der Waals surface area (Å²) in [6.07, 6.45) is 1.95. The molecule has 0 aliphatic carbocycles. The molecular formula is C15H21NO. The van der Waals surface area contributed by atoms with E-state index in [1.165, 1.54) is 0 Å². The SMILES string of the molecule is CCCC(OCc1ccccc1)C(C)(C)C#N. The van der Waals surface area contributed by atoms with Gasteiger partial charge >= 0.3 is 0 Å². The number of nitrogens with zero attached hydrogens (tertiary/aromatic N) is 1. The Morgan fingerprint density at radius 3 is 2.47 bits per heavy atom. The zero-order chi connectivity index (χ0) is 12.7. The molecule has 2 nitrogen and oxygen atoms in total. The minimum absolute atomic E-state index is 0.00212. The van der Waals surface area contributed by atoms with Crippen LogP contribution in [0.15, 0.2) is 30.3 Å². The molecule has 92 valence electrons. The fourth-order valence-corrected chi connectivity index (χ4v) is 1.76. The lowest BCUT2D eigenvalue weighted by Crippen LogP contribution is -2.30. The molecule has 0 fully saturated rings. The molecule has 0 saturated heterocycles. The first-order valence-corrected chi connectivity index (χ1v) is 6.17. The van der Waals surface area contributed by atoms with Gasteiger partial charge in [0.15, 0.2) is 0 Å². The van der Waals surface area contributed by atoms with E-state index in [2.05, 4.69) is 13.0 Å². The van der Waals surface area contributed by atoms with Crippen molar-refractivity contribution in [2.24, 2.45) is 5.41 Å². The summed E-state index contributed by atoms with van der Waals surface area (Å²) in [5, 5.41) is 9.16. The molecule has 17 heavy (non-hydrogen) atoms. The van der Waals surface area contributed by atoms with Crippen LogP contribution in [0.1, 0.15) is 39.2 Å². The molecule has 1 atom stereocenters. The Morgan fingerprint density at radius 2 is 1.94 bits per heavy atom. The quantitative estimate of drug-likeness (QED) is 0.743. The van der Waals surface area contributed by atoms with Crippen LogP contribution < -0.4 is 0 Å². The van der Waals surface area contributed by atoms with Gasteiger partial charge in [0.05, 0.1) is 24.2 Å². The van der Waals surface area contributed by atoms with Gasteiger partial charge in [-0.1, -0.05) is 43.7 Å². The van der Waals surface area contributed by atoms with Crippen molar-refractivity contribution in [3.05, 3.63) is 35.9 Å². The highest BCUT2D eigenvalue weighted by atomic mass is 16.5. The van der Waals surface area contributed by atoms with E-state index in [1.807, 2.05) is 44.2 Å². The van der Waals surface area contributed by atoms with E-state index in [1.54, 1.807) is 0 Å². The van der Waals surface area contributed by atoms with Crippen molar-refractivity contribution in [3.8, 4) is 6.07 Å². The minimum Gasteiger partial charge on any atom is -0.372 e. The fourth-order valence-electron chi connectivity index (χ4n) is 1.76. The second kappa shape index (κ2) is 6.42. The Labute approximate surface area is 104 Å². The summed E-state index contributed by atoms with van der Waals surface area (Å²) in [7, 11) is 0. The highest BCUT2D eigenvalue weighted by Gasteiger charge is 2.29. The normalized spacial score (nSPS) is 13.1. The average Bonchev–Trinajstić information content (AvgIpc) is 2.35. The molecule has 0 heterocycles. The van der Waals surface area contributed by atoms with E-state index in [4.69, 9.17) is 10.00 Å². The Bertz CT molecular complexity index is 364. The number of hydrogen-bond donors (Lipinski definition) is 0. The molecule has 1 unspecified atom stereocenters. The van der Waals surface area contributed by atoms with Crippen LogP contribution in [0.25, 0.3) is 0 Å². The average molecular weight is 231 g/mol. The second-order valence-electron chi connectivity index (χ2n) is 4.91. The van der Waals surface area contributed by atoms with Crippen LogP contribution in [0.3, 0.4) is 0 Å². The van der Waals surface area contributed by atoms with Gasteiger partial charge in [0.2, 0.25) is 0 Å². The van der Waals surface area contributed by atoms with Gasteiger partial charge in [-0.15, -0.1) is 0 Å². The molecule has 2 heteroatoms. The Morgan fingerprint density at radius 1 is 1.29 bits per heavy atom. The monoisotopic (exact) mass is 231 g/mol. The summed E-state index contributed by atoms with van der Waals surface area (Å²) >= 11 is 0. The molecule has 0 aromatic heterocycles. The Hall–Kier alpha value is -1.33. The van der Waals surface area contributed by atoms with E-state index >= 15 is 0 Å². The van der Waals surface area contributed by atoms with Gasteiger partial charge in [0.1, 0.15) is 0 Å². The van der Waals surface area contributed by atoms with E-state index in [0.29, 0.717) is 6.61 Å². The molecule has 1 rings (SSSR count).